The molecule has 2 nitrogen and oxygen atoms in total. The Bertz CT molecular complexity index is 696. The minimum Gasteiger partial charge on any atom is -0.490 e. The van der Waals surface area contributed by atoms with Crippen LogP contribution >= 0.6 is 0 Å². The van der Waals surface area contributed by atoms with Gasteiger partial charge >= 0.3 is 0 Å². The minimum atomic E-state index is -0.982. The number of unbranched alkanes of at least 4 members (excludes halogenated alkanes) is 2. The fourth-order valence-corrected chi connectivity index (χ4v) is 2.47. The molecule has 2 aromatic rings. The number of aryl methyl sites for hydroxylation is 1. The summed E-state index contributed by atoms with van der Waals surface area (Å²) in [4.78, 5) is 4.07. The summed E-state index contributed by atoms with van der Waals surface area (Å²) < 4.78 is 33.5. The first kappa shape index (κ1) is 19.1. The van der Waals surface area contributed by atoms with Crippen molar-refractivity contribution in [2.45, 2.75) is 46.0 Å². The molecule has 0 aliphatic rings. The molecule has 0 saturated carbocycles. The lowest BCUT2D eigenvalue weighted by Gasteiger charge is -2.08. The van der Waals surface area contributed by atoms with E-state index in [0.29, 0.717) is 6.61 Å². The molecule has 134 valence electrons. The summed E-state index contributed by atoms with van der Waals surface area (Å²) >= 11 is 0. The molecule has 4 heteroatoms. The van der Waals surface area contributed by atoms with E-state index in [1.54, 1.807) is 0 Å². The first-order valence-electron chi connectivity index (χ1n) is 8.89. The van der Waals surface area contributed by atoms with Crippen LogP contribution in [0.4, 0.5) is 14.5 Å². The van der Waals surface area contributed by atoms with Gasteiger partial charge in [0.15, 0.2) is 11.6 Å². The van der Waals surface area contributed by atoms with Crippen molar-refractivity contribution in [1.82, 2.24) is 0 Å². The molecule has 2 aromatic carbocycles. The van der Waals surface area contributed by atoms with Crippen molar-refractivity contribution in [1.29, 1.82) is 0 Å². The molecule has 0 saturated heterocycles. The van der Waals surface area contributed by atoms with Gasteiger partial charge in [0.2, 0.25) is 5.82 Å². The fourth-order valence-electron chi connectivity index (χ4n) is 2.47. The lowest BCUT2D eigenvalue weighted by atomic mass is 10.1. The average molecular weight is 345 g/mol. The molecular weight excluding hydrogens is 320 g/mol. The van der Waals surface area contributed by atoms with Crippen molar-refractivity contribution in [2.75, 3.05) is 6.61 Å². The molecule has 0 aliphatic heterocycles. The third kappa shape index (κ3) is 5.66. The highest BCUT2D eigenvalue weighted by molar-refractivity contribution is 5.82. The lowest BCUT2D eigenvalue weighted by molar-refractivity contribution is 0.286. The first-order chi connectivity index (χ1) is 12.2. The number of halogens is 2. The molecule has 0 heterocycles. The molecule has 0 amide bonds. The molecule has 0 aromatic heterocycles. The van der Waals surface area contributed by atoms with E-state index in [1.807, 2.05) is 24.3 Å². The van der Waals surface area contributed by atoms with Gasteiger partial charge in [-0.15, -0.1) is 0 Å². The summed E-state index contributed by atoms with van der Waals surface area (Å²) in [6.45, 7) is 4.59. The Balaban J connectivity index is 2.05. The monoisotopic (exact) mass is 345 g/mol. The number of ether oxygens (including phenoxy) is 1. The standard InChI is InChI=1S/C21H25F2NO/c1-3-5-6-14-25-19-13-12-18(20(22)21(19)23)24-15-17-10-8-16(7-4-2)9-11-17/h8-13,15H,3-7,14H2,1-2H3/b24-15+. The molecule has 0 fully saturated rings. The van der Waals surface area contributed by atoms with Crippen LogP contribution in [0.3, 0.4) is 0 Å². The Morgan fingerprint density at radius 3 is 2.36 bits per heavy atom. The fraction of sp³-hybridized carbons (Fsp3) is 0.381. The quantitative estimate of drug-likeness (QED) is 0.389. The molecule has 0 N–H and O–H groups in total. The number of rotatable bonds is 9. The molecule has 0 aliphatic carbocycles. The summed E-state index contributed by atoms with van der Waals surface area (Å²) in [6.07, 6.45) is 6.53. The molecule has 0 radical (unpaired) electrons. The van der Waals surface area contributed by atoms with Crippen LogP contribution in [-0.4, -0.2) is 12.8 Å². The normalized spacial score (nSPS) is 11.2. The summed E-state index contributed by atoms with van der Waals surface area (Å²) in [5, 5.41) is 0. The Morgan fingerprint density at radius 1 is 0.920 bits per heavy atom. The van der Waals surface area contributed by atoms with Gasteiger partial charge in [-0.3, -0.25) is 4.99 Å². The third-order valence-electron chi connectivity index (χ3n) is 3.90. The van der Waals surface area contributed by atoms with E-state index in [0.717, 1.165) is 37.7 Å². The van der Waals surface area contributed by atoms with Crippen molar-refractivity contribution in [3.63, 3.8) is 0 Å². The van der Waals surface area contributed by atoms with Gasteiger partial charge in [0.05, 0.1) is 6.61 Å². The van der Waals surface area contributed by atoms with Gasteiger partial charge in [0.25, 0.3) is 0 Å². The zero-order valence-corrected chi connectivity index (χ0v) is 14.9. The molecule has 2 rings (SSSR count). The third-order valence-corrected chi connectivity index (χ3v) is 3.90. The highest BCUT2D eigenvalue weighted by Crippen LogP contribution is 2.28. The van der Waals surface area contributed by atoms with Crippen LogP contribution in [0.2, 0.25) is 0 Å². The van der Waals surface area contributed by atoms with Gasteiger partial charge < -0.3 is 4.74 Å². The number of hydrogen-bond acceptors (Lipinski definition) is 2. The zero-order valence-electron chi connectivity index (χ0n) is 14.9. The van der Waals surface area contributed by atoms with Crippen molar-refractivity contribution in [3.05, 3.63) is 59.2 Å². The van der Waals surface area contributed by atoms with E-state index >= 15 is 0 Å². The predicted molar refractivity (Wildman–Crippen MR) is 99.1 cm³/mol. The van der Waals surface area contributed by atoms with Gasteiger partial charge in [0, 0.05) is 6.21 Å². The van der Waals surface area contributed by atoms with Crippen LogP contribution in [-0.2, 0) is 6.42 Å². The van der Waals surface area contributed by atoms with Gasteiger partial charge in [0.1, 0.15) is 5.69 Å². The first-order valence-corrected chi connectivity index (χ1v) is 8.89. The van der Waals surface area contributed by atoms with Crippen LogP contribution in [0, 0.1) is 11.6 Å². The molecule has 0 spiro atoms. The summed E-state index contributed by atoms with van der Waals surface area (Å²) in [5.74, 6) is -2.02. The Morgan fingerprint density at radius 2 is 1.68 bits per heavy atom. The van der Waals surface area contributed by atoms with E-state index in [4.69, 9.17) is 4.74 Å². The van der Waals surface area contributed by atoms with Crippen LogP contribution in [0.5, 0.6) is 5.75 Å². The molecule has 0 unspecified atom stereocenters. The Kier molecular flexibility index (Phi) is 7.58. The second-order valence-electron chi connectivity index (χ2n) is 6.02. The zero-order chi connectivity index (χ0) is 18.1. The molecule has 0 bridgehead atoms. The van der Waals surface area contributed by atoms with Crippen molar-refractivity contribution in [2.24, 2.45) is 4.99 Å². The summed E-state index contributed by atoms with van der Waals surface area (Å²) in [6, 6.07) is 10.8. The van der Waals surface area contributed by atoms with E-state index < -0.39 is 11.6 Å². The van der Waals surface area contributed by atoms with Crippen molar-refractivity contribution < 1.29 is 13.5 Å². The average Bonchev–Trinajstić information content (AvgIpc) is 2.63. The van der Waals surface area contributed by atoms with E-state index in [9.17, 15) is 8.78 Å². The highest BCUT2D eigenvalue weighted by atomic mass is 19.2. The predicted octanol–water partition coefficient (Wildman–Crippen LogP) is 6.24. The van der Waals surface area contributed by atoms with Gasteiger partial charge in [-0.1, -0.05) is 57.4 Å². The number of benzene rings is 2. The van der Waals surface area contributed by atoms with Crippen LogP contribution < -0.4 is 4.74 Å². The van der Waals surface area contributed by atoms with Crippen LogP contribution in [0.1, 0.15) is 50.7 Å². The summed E-state index contributed by atoms with van der Waals surface area (Å²) in [5.41, 5.74) is 2.07. The van der Waals surface area contributed by atoms with Crippen LogP contribution in [0.15, 0.2) is 41.4 Å². The number of hydrogen-bond donors (Lipinski definition) is 0. The Hall–Kier alpha value is -2.23. The van der Waals surface area contributed by atoms with Gasteiger partial charge in [-0.25, -0.2) is 4.39 Å². The second kappa shape index (κ2) is 9.92. The number of aliphatic imine (C=N–C) groups is 1. The number of nitrogens with zero attached hydrogens (tertiary/aromatic N) is 1. The molecular formula is C21H25F2NO. The maximum atomic E-state index is 14.1. The smallest absolute Gasteiger partial charge is 0.202 e. The Labute approximate surface area is 148 Å². The van der Waals surface area contributed by atoms with E-state index in [-0.39, 0.29) is 11.4 Å². The van der Waals surface area contributed by atoms with Crippen molar-refractivity contribution >= 4 is 11.9 Å². The maximum absolute atomic E-state index is 14.1. The largest absolute Gasteiger partial charge is 0.490 e. The summed E-state index contributed by atoms with van der Waals surface area (Å²) in [7, 11) is 0. The van der Waals surface area contributed by atoms with Crippen molar-refractivity contribution in [3.8, 4) is 5.75 Å². The second-order valence-corrected chi connectivity index (χ2v) is 6.02. The van der Waals surface area contributed by atoms with E-state index in [1.165, 1.54) is 23.9 Å². The molecule has 25 heavy (non-hydrogen) atoms. The molecule has 0 atom stereocenters. The minimum absolute atomic E-state index is 0.0314. The topological polar surface area (TPSA) is 21.6 Å². The highest BCUT2D eigenvalue weighted by Gasteiger charge is 2.13. The van der Waals surface area contributed by atoms with E-state index in [2.05, 4.69) is 18.8 Å². The van der Waals surface area contributed by atoms with Gasteiger partial charge in [-0.2, -0.15) is 4.39 Å². The SMILES string of the molecule is CCCCCOc1ccc(/N=C/c2ccc(CCC)cc2)c(F)c1F. The van der Waals surface area contributed by atoms with Crippen LogP contribution in [0.25, 0.3) is 0 Å². The lowest BCUT2D eigenvalue weighted by Crippen LogP contribution is -2.00. The maximum Gasteiger partial charge on any atom is 0.202 e. The van der Waals surface area contributed by atoms with Gasteiger partial charge in [-0.05, 0) is 36.1 Å².